The fourth-order valence-corrected chi connectivity index (χ4v) is 6.21. The molecular weight excluding hydrogens is 611 g/mol. The maximum Gasteiger partial charge on any atom is 1.00 e. The van der Waals surface area contributed by atoms with Crippen LogP contribution in [0.25, 0.3) is 0 Å². The monoisotopic (exact) mass is 660 g/mol. The first kappa shape index (κ1) is 39.7. The van der Waals surface area contributed by atoms with Gasteiger partial charge in [-0.3, -0.25) is 0 Å². The van der Waals surface area contributed by atoms with E-state index in [2.05, 4.69) is 18.2 Å². The molecule has 0 spiro atoms. The zero-order chi connectivity index (χ0) is 34.2. The standard InChI is InChI=1S/C41H50O7.Li/c1-31-27-32(29-42)40(47-26-14-9-7-5-4-6-8-13-17-39(43)44)33(28-31)30-48-41(34-15-11-10-12-16-34,35-18-22-37(45-2)23-19-35)36-20-24-38(46-3)25-21-36;/h10-12,15-16,18-25,27-28,42H,4-9,13-14,17,26,29-30H2,1-3H3,(H,43,44);/q;+1/p-1. The number of carbonyl (C=O) groups excluding carboxylic acids is 1. The van der Waals surface area contributed by atoms with Crippen LogP contribution >= 0.6 is 0 Å². The van der Waals surface area contributed by atoms with Crippen LogP contribution in [0.4, 0.5) is 0 Å². The van der Waals surface area contributed by atoms with Crippen molar-refractivity contribution in [1.29, 1.82) is 0 Å². The summed E-state index contributed by atoms with van der Waals surface area (Å²) in [4.78, 5) is 10.6. The summed E-state index contributed by atoms with van der Waals surface area (Å²) in [5, 5.41) is 20.9. The van der Waals surface area contributed by atoms with Gasteiger partial charge < -0.3 is 34.0 Å². The van der Waals surface area contributed by atoms with E-state index in [9.17, 15) is 15.0 Å². The first-order chi connectivity index (χ1) is 23.4. The summed E-state index contributed by atoms with van der Waals surface area (Å²) in [6.45, 7) is 2.65. The van der Waals surface area contributed by atoms with Crippen LogP contribution in [0.15, 0.2) is 91.0 Å². The minimum absolute atomic E-state index is 0. The third-order valence-electron chi connectivity index (χ3n) is 8.70. The quantitative estimate of drug-likeness (QED) is 0.0790. The van der Waals surface area contributed by atoms with Gasteiger partial charge in [-0.2, -0.15) is 0 Å². The van der Waals surface area contributed by atoms with Gasteiger partial charge in [0.25, 0.3) is 0 Å². The van der Waals surface area contributed by atoms with Gasteiger partial charge in [-0.1, -0.05) is 111 Å². The van der Waals surface area contributed by atoms with Gasteiger partial charge in [-0.25, -0.2) is 0 Å². The topological polar surface area (TPSA) is 97.3 Å². The molecule has 4 aromatic rings. The van der Waals surface area contributed by atoms with Crippen LogP contribution < -0.4 is 38.2 Å². The minimum atomic E-state index is -0.981. The van der Waals surface area contributed by atoms with Crippen molar-refractivity contribution in [3.05, 3.63) is 124 Å². The third-order valence-corrected chi connectivity index (χ3v) is 8.70. The number of carboxylic acids is 1. The van der Waals surface area contributed by atoms with Crippen LogP contribution in [0.3, 0.4) is 0 Å². The van der Waals surface area contributed by atoms with Gasteiger partial charge in [0.15, 0.2) is 0 Å². The summed E-state index contributed by atoms with van der Waals surface area (Å²) in [5.74, 6) is 1.21. The van der Waals surface area contributed by atoms with Gasteiger partial charge in [-0.05, 0) is 67.1 Å². The van der Waals surface area contributed by atoms with Crippen molar-refractivity contribution < 1.29 is 52.8 Å². The fourth-order valence-electron chi connectivity index (χ4n) is 6.21. The Balaban J connectivity index is 0.00000650. The average Bonchev–Trinajstić information content (AvgIpc) is 3.12. The van der Waals surface area contributed by atoms with Crippen molar-refractivity contribution in [3.8, 4) is 17.2 Å². The van der Waals surface area contributed by atoms with Crippen LogP contribution in [0.5, 0.6) is 17.2 Å². The fraction of sp³-hybridized carbons (Fsp3) is 0.390. The normalized spacial score (nSPS) is 11.1. The zero-order valence-electron chi connectivity index (χ0n) is 29.5. The van der Waals surface area contributed by atoms with Gasteiger partial charge in [0.05, 0.1) is 34.0 Å². The molecule has 0 heterocycles. The number of hydrogen-bond donors (Lipinski definition) is 1. The van der Waals surface area contributed by atoms with E-state index in [4.69, 9.17) is 18.9 Å². The Morgan fingerprint density at radius 2 is 1.18 bits per heavy atom. The van der Waals surface area contributed by atoms with Crippen molar-refractivity contribution >= 4 is 5.97 Å². The molecule has 8 heteroatoms. The average molecular weight is 661 g/mol. The number of aliphatic hydroxyl groups excluding tert-OH is 1. The predicted molar refractivity (Wildman–Crippen MR) is 186 cm³/mol. The molecule has 0 aliphatic carbocycles. The van der Waals surface area contributed by atoms with E-state index >= 15 is 0 Å². The Labute approximate surface area is 303 Å². The van der Waals surface area contributed by atoms with Gasteiger partial charge in [0.2, 0.25) is 0 Å². The number of ether oxygens (including phenoxy) is 4. The Kier molecular flexibility index (Phi) is 16.8. The van der Waals surface area contributed by atoms with E-state index in [1.165, 1.54) is 0 Å². The van der Waals surface area contributed by atoms with Crippen LogP contribution in [-0.4, -0.2) is 31.9 Å². The molecule has 0 atom stereocenters. The molecule has 4 rings (SSSR count). The SMILES string of the molecule is COc1ccc(C(OCc2cc(C)cc(CO)c2OCCCCCCCCCCC(=O)[O-])(c2ccccc2)c2ccc(OC)cc2)cc1.[Li+]. The van der Waals surface area contributed by atoms with Gasteiger partial charge in [0, 0.05) is 17.1 Å². The number of carbonyl (C=O) groups is 1. The molecule has 4 aromatic carbocycles. The summed E-state index contributed by atoms with van der Waals surface area (Å²) in [7, 11) is 3.31. The summed E-state index contributed by atoms with van der Waals surface area (Å²) in [6, 6.07) is 30.2. The molecule has 49 heavy (non-hydrogen) atoms. The molecule has 0 saturated carbocycles. The zero-order valence-corrected chi connectivity index (χ0v) is 29.5. The molecule has 0 aliphatic heterocycles. The van der Waals surface area contributed by atoms with E-state index < -0.39 is 11.6 Å². The van der Waals surface area contributed by atoms with E-state index in [-0.39, 0.29) is 38.5 Å². The third kappa shape index (κ3) is 11.1. The number of benzene rings is 4. The van der Waals surface area contributed by atoms with Gasteiger partial charge in [-0.15, -0.1) is 0 Å². The smallest absolute Gasteiger partial charge is 0.550 e. The van der Waals surface area contributed by atoms with E-state index in [1.54, 1.807) is 14.2 Å². The van der Waals surface area contributed by atoms with Gasteiger partial charge in [0.1, 0.15) is 22.8 Å². The molecule has 256 valence electrons. The molecular formula is C41H49LiO7. The molecule has 0 radical (unpaired) electrons. The summed E-state index contributed by atoms with van der Waals surface area (Å²) < 4.78 is 24.5. The molecule has 0 aliphatic rings. The number of aliphatic hydroxyl groups is 1. The molecule has 0 aromatic heterocycles. The molecule has 0 unspecified atom stereocenters. The second-order valence-corrected chi connectivity index (χ2v) is 12.2. The number of rotatable bonds is 21. The number of unbranched alkanes of at least 4 members (excludes halogenated alkanes) is 7. The molecule has 1 N–H and O–H groups in total. The number of hydrogen-bond acceptors (Lipinski definition) is 7. The van der Waals surface area contributed by atoms with Gasteiger partial charge >= 0.3 is 18.9 Å². The van der Waals surface area contributed by atoms with Crippen LogP contribution in [0.1, 0.15) is 91.2 Å². The maximum atomic E-state index is 10.6. The minimum Gasteiger partial charge on any atom is -0.550 e. The number of aryl methyl sites for hydroxylation is 1. The second-order valence-electron chi connectivity index (χ2n) is 12.2. The molecule has 7 nitrogen and oxygen atoms in total. The van der Waals surface area contributed by atoms with E-state index in [1.807, 2.05) is 79.7 Å². The van der Waals surface area contributed by atoms with Crippen molar-refractivity contribution in [2.24, 2.45) is 0 Å². The summed E-state index contributed by atoms with van der Waals surface area (Å²) in [6.07, 6.45) is 8.09. The van der Waals surface area contributed by atoms with Crippen molar-refractivity contribution in [3.63, 3.8) is 0 Å². The Bertz CT molecular complexity index is 1490. The largest absolute Gasteiger partial charge is 1.00 e. The summed E-state index contributed by atoms with van der Waals surface area (Å²) >= 11 is 0. The van der Waals surface area contributed by atoms with Crippen molar-refractivity contribution in [2.75, 3.05) is 20.8 Å². The Morgan fingerprint density at radius 1 is 0.694 bits per heavy atom. The molecule has 0 fully saturated rings. The Morgan fingerprint density at radius 3 is 1.69 bits per heavy atom. The Hall–Kier alpha value is -3.73. The number of carboxylic acid groups (broad SMARTS) is 1. The molecule has 0 amide bonds. The van der Waals surface area contributed by atoms with Crippen LogP contribution in [-0.2, 0) is 28.3 Å². The van der Waals surface area contributed by atoms with Crippen molar-refractivity contribution in [2.45, 2.75) is 83.5 Å². The molecule has 0 saturated heterocycles. The predicted octanol–water partition coefficient (Wildman–Crippen LogP) is 4.66. The first-order valence-corrected chi connectivity index (χ1v) is 17.0. The van der Waals surface area contributed by atoms with E-state index in [0.29, 0.717) is 18.8 Å². The van der Waals surface area contributed by atoms with Crippen LogP contribution in [0, 0.1) is 6.92 Å². The number of methoxy groups -OCH3 is 2. The van der Waals surface area contributed by atoms with Crippen molar-refractivity contribution in [1.82, 2.24) is 0 Å². The maximum absolute atomic E-state index is 10.6. The summed E-state index contributed by atoms with van der Waals surface area (Å²) in [5.41, 5.74) is 4.50. The second kappa shape index (κ2) is 20.7. The number of aliphatic carboxylic acids is 1. The first-order valence-electron chi connectivity index (χ1n) is 17.0. The molecule has 0 bridgehead atoms. The van der Waals surface area contributed by atoms with E-state index in [0.717, 1.165) is 89.8 Å². The van der Waals surface area contributed by atoms with Crippen LogP contribution in [0.2, 0.25) is 0 Å².